The van der Waals surface area contributed by atoms with E-state index in [0.717, 1.165) is 35.1 Å². The Labute approximate surface area is 106 Å². The van der Waals surface area contributed by atoms with E-state index in [1.807, 2.05) is 29.8 Å². The molecule has 94 valence electrons. The van der Waals surface area contributed by atoms with Gasteiger partial charge >= 0.3 is 0 Å². The Morgan fingerprint density at radius 3 is 2.94 bits per heavy atom. The molecule has 5 nitrogen and oxygen atoms in total. The SMILES string of the molecule is Cc1ccc(N)cc1-c1nnnn1CC1CC1C. The summed E-state index contributed by atoms with van der Waals surface area (Å²) in [5.41, 5.74) is 8.75. The van der Waals surface area contributed by atoms with E-state index in [1.54, 1.807) is 0 Å². The van der Waals surface area contributed by atoms with Crippen molar-refractivity contribution in [3.8, 4) is 11.4 Å². The van der Waals surface area contributed by atoms with Gasteiger partial charge in [-0.3, -0.25) is 0 Å². The van der Waals surface area contributed by atoms with Crippen molar-refractivity contribution in [2.24, 2.45) is 11.8 Å². The molecule has 2 aromatic rings. The van der Waals surface area contributed by atoms with Crippen LogP contribution in [0.15, 0.2) is 18.2 Å². The summed E-state index contributed by atoms with van der Waals surface area (Å²) in [5.74, 6) is 2.33. The smallest absolute Gasteiger partial charge is 0.182 e. The molecule has 1 aliphatic carbocycles. The number of tetrazole rings is 1. The molecular formula is C13H17N5. The molecule has 1 aromatic heterocycles. The standard InChI is InChI=1S/C13H17N5/c1-8-3-4-11(14)6-12(8)13-15-16-17-18(13)7-10-5-9(10)2/h3-4,6,9-10H,5,7,14H2,1-2H3. The second kappa shape index (κ2) is 4.08. The summed E-state index contributed by atoms with van der Waals surface area (Å²) in [7, 11) is 0. The lowest BCUT2D eigenvalue weighted by molar-refractivity contribution is 0.528. The topological polar surface area (TPSA) is 69.6 Å². The Kier molecular flexibility index (Phi) is 2.54. The zero-order valence-corrected chi connectivity index (χ0v) is 10.7. The van der Waals surface area contributed by atoms with Crippen LogP contribution in [-0.2, 0) is 6.54 Å². The van der Waals surface area contributed by atoms with E-state index in [1.165, 1.54) is 6.42 Å². The summed E-state index contributed by atoms with van der Waals surface area (Å²) in [5, 5.41) is 12.0. The summed E-state index contributed by atoms with van der Waals surface area (Å²) < 4.78 is 1.90. The average Bonchev–Trinajstić information content (AvgIpc) is 2.86. The van der Waals surface area contributed by atoms with E-state index in [0.29, 0.717) is 5.92 Å². The fourth-order valence-electron chi connectivity index (χ4n) is 2.28. The minimum Gasteiger partial charge on any atom is -0.399 e. The first-order valence-electron chi connectivity index (χ1n) is 6.28. The summed E-state index contributed by atoms with van der Waals surface area (Å²) in [6.45, 7) is 5.21. The molecule has 1 aliphatic rings. The fourth-order valence-corrected chi connectivity index (χ4v) is 2.28. The van der Waals surface area contributed by atoms with Crippen LogP contribution in [0.1, 0.15) is 18.9 Å². The van der Waals surface area contributed by atoms with Gasteiger partial charge in [0.1, 0.15) is 0 Å². The van der Waals surface area contributed by atoms with E-state index < -0.39 is 0 Å². The second-order valence-electron chi connectivity index (χ2n) is 5.23. The zero-order chi connectivity index (χ0) is 12.7. The molecule has 2 atom stereocenters. The lowest BCUT2D eigenvalue weighted by Gasteiger charge is -2.07. The van der Waals surface area contributed by atoms with Gasteiger partial charge in [-0.05, 0) is 53.3 Å². The summed E-state index contributed by atoms with van der Waals surface area (Å²) in [4.78, 5) is 0. The molecule has 0 aliphatic heterocycles. The molecule has 18 heavy (non-hydrogen) atoms. The highest BCUT2D eigenvalue weighted by atomic mass is 15.5. The van der Waals surface area contributed by atoms with E-state index in [-0.39, 0.29) is 0 Å². The summed E-state index contributed by atoms with van der Waals surface area (Å²) in [6, 6.07) is 5.84. The van der Waals surface area contributed by atoms with Crippen LogP contribution >= 0.6 is 0 Å². The van der Waals surface area contributed by atoms with Gasteiger partial charge in [-0.2, -0.15) is 0 Å². The Morgan fingerprint density at radius 1 is 1.44 bits per heavy atom. The molecule has 1 saturated carbocycles. The molecule has 0 amide bonds. The van der Waals surface area contributed by atoms with Gasteiger partial charge in [0.05, 0.1) is 0 Å². The molecule has 0 bridgehead atoms. The molecule has 1 fully saturated rings. The zero-order valence-electron chi connectivity index (χ0n) is 10.7. The molecule has 0 radical (unpaired) electrons. The van der Waals surface area contributed by atoms with Gasteiger partial charge in [0, 0.05) is 17.8 Å². The van der Waals surface area contributed by atoms with Crippen molar-refractivity contribution in [2.45, 2.75) is 26.8 Å². The quantitative estimate of drug-likeness (QED) is 0.836. The Bertz CT molecular complexity index is 575. The monoisotopic (exact) mass is 243 g/mol. The third kappa shape index (κ3) is 1.96. The molecule has 0 saturated heterocycles. The van der Waals surface area contributed by atoms with Gasteiger partial charge in [-0.15, -0.1) is 5.10 Å². The molecule has 1 aromatic carbocycles. The van der Waals surface area contributed by atoms with Gasteiger partial charge < -0.3 is 5.73 Å². The normalized spacial score (nSPS) is 22.1. The first-order chi connectivity index (χ1) is 8.65. The van der Waals surface area contributed by atoms with Crippen LogP contribution in [0.4, 0.5) is 5.69 Å². The Hall–Kier alpha value is -1.91. The third-order valence-electron chi connectivity index (χ3n) is 3.72. The van der Waals surface area contributed by atoms with Gasteiger partial charge in [-0.1, -0.05) is 13.0 Å². The number of aromatic nitrogens is 4. The molecular weight excluding hydrogens is 226 g/mol. The number of aryl methyl sites for hydroxylation is 1. The van der Waals surface area contributed by atoms with Crippen LogP contribution in [0.25, 0.3) is 11.4 Å². The Morgan fingerprint density at radius 2 is 2.22 bits per heavy atom. The maximum atomic E-state index is 5.84. The first kappa shape index (κ1) is 11.2. The third-order valence-corrected chi connectivity index (χ3v) is 3.72. The van der Waals surface area contributed by atoms with Crippen molar-refractivity contribution in [3.63, 3.8) is 0 Å². The average molecular weight is 243 g/mol. The highest BCUT2D eigenvalue weighted by Crippen LogP contribution is 2.39. The van der Waals surface area contributed by atoms with Crippen molar-refractivity contribution in [1.82, 2.24) is 20.2 Å². The van der Waals surface area contributed by atoms with Crippen LogP contribution in [0, 0.1) is 18.8 Å². The summed E-state index contributed by atoms with van der Waals surface area (Å²) >= 11 is 0. The minimum absolute atomic E-state index is 0.716. The van der Waals surface area contributed by atoms with Crippen LogP contribution < -0.4 is 5.73 Å². The number of nitrogens with two attached hydrogens (primary N) is 1. The van der Waals surface area contributed by atoms with Gasteiger partial charge in [0.15, 0.2) is 5.82 Å². The van der Waals surface area contributed by atoms with Crippen LogP contribution in [-0.4, -0.2) is 20.2 Å². The van der Waals surface area contributed by atoms with Gasteiger partial charge in [-0.25, -0.2) is 4.68 Å². The van der Waals surface area contributed by atoms with Gasteiger partial charge in [0.25, 0.3) is 0 Å². The Balaban J connectivity index is 1.96. The highest BCUT2D eigenvalue weighted by Gasteiger charge is 2.33. The summed E-state index contributed by atoms with van der Waals surface area (Å²) in [6.07, 6.45) is 1.27. The predicted molar refractivity (Wildman–Crippen MR) is 69.7 cm³/mol. The molecule has 5 heteroatoms. The van der Waals surface area contributed by atoms with E-state index in [9.17, 15) is 0 Å². The lowest BCUT2D eigenvalue weighted by atomic mass is 10.1. The van der Waals surface area contributed by atoms with Crippen molar-refractivity contribution in [1.29, 1.82) is 0 Å². The van der Waals surface area contributed by atoms with Crippen LogP contribution in [0.3, 0.4) is 0 Å². The van der Waals surface area contributed by atoms with Gasteiger partial charge in [0.2, 0.25) is 0 Å². The van der Waals surface area contributed by atoms with Crippen LogP contribution in [0.5, 0.6) is 0 Å². The predicted octanol–water partition coefficient (Wildman–Crippen LogP) is 1.89. The number of benzene rings is 1. The van der Waals surface area contributed by atoms with Crippen molar-refractivity contribution < 1.29 is 0 Å². The molecule has 0 spiro atoms. The molecule has 1 heterocycles. The number of hydrogen-bond donors (Lipinski definition) is 1. The minimum atomic E-state index is 0.716. The molecule has 3 rings (SSSR count). The lowest BCUT2D eigenvalue weighted by Crippen LogP contribution is -2.06. The fraction of sp³-hybridized carbons (Fsp3) is 0.462. The number of anilines is 1. The van der Waals surface area contributed by atoms with E-state index >= 15 is 0 Å². The van der Waals surface area contributed by atoms with Crippen molar-refractivity contribution >= 4 is 5.69 Å². The number of hydrogen-bond acceptors (Lipinski definition) is 4. The molecule has 2 N–H and O–H groups in total. The van der Waals surface area contributed by atoms with Crippen LogP contribution in [0.2, 0.25) is 0 Å². The number of nitrogens with zero attached hydrogens (tertiary/aromatic N) is 4. The van der Waals surface area contributed by atoms with Crippen molar-refractivity contribution in [2.75, 3.05) is 5.73 Å². The first-order valence-corrected chi connectivity index (χ1v) is 6.28. The maximum Gasteiger partial charge on any atom is 0.182 e. The molecule has 2 unspecified atom stereocenters. The number of rotatable bonds is 3. The number of nitrogen functional groups attached to an aromatic ring is 1. The maximum absolute atomic E-state index is 5.84. The second-order valence-corrected chi connectivity index (χ2v) is 5.23. The van der Waals surface area contributed by atoms with E-state index in [2.05, 4.69) is 22.4 Å². The van der Waals surface area contributed by atoms with E-state index in [4.69, 9.17) is 5.73 Å². The van der Waals surface area contributed by atoms with Crippen molar-refractivity contribution in [3.05, 3.63) is 23.8 Å². The largest absolute Gasteiger partial charge is 0.399 e. The highest BCUT2D eigenvalue weighted by molar-refractivity contribution is 5.65.